The standard InChI is InChI=1S/C13H17F3N2/c1-9(2)18(10(3)17-4)12-7-5-6-11(8-12)13(14,15)16/h5-9H,1-4H3. The van der Waals surface area contributed by atoms with Crippen LogP contribution in [0, 0.1) is 0 Å². The molecule has 0 fully saturated rings. The van der Waals surface area contributed by atoms with Crippen molar-refractivity contribution in [3.05, 3.63) is 29.8 Å². The zero-order chi connectivity index (χ0) is 13.9. The van der Waals surface area contributed by atoms with E-state index in [-0.39, 0.29) is 6.04 Å². The topological polar surface area (TPSA) is 15.6 Å². The second-order valence-electron chi connectivity index (χ2n) is 4.28. The van der Waals surface area contributed by atoms with Crippen molar-refractivity contribution in [1.82, 2.24) is 0 Å². The van der Waals surface area contributed by atoms with Gasteiger partial charge in [0, 0.05) is 18.8 Å². The third-order valence-corrected chi connectivity index (χ3v) is 2.64. The SMILES string of the molecule is CN=C(C)N(c1cccc(C(F)(F)F)c1)C(C)C. The van der Waals surface area contributed by atoms with Gasteiger partial charge in [-0.2, -0.15) is 13.2 Å². The fourth-order valence-electron chi connectivity index (χ4n) is 1.80. The van der Waals surface area contributed by atoms with Crippen LogP contribution >= 0.6 is 0 Å². The van der Waals surface area contributed by atoms with Gasteiger partial charge in [0.1, 0.15) is 5.84 Å². The van der Waals surface area contributed by atoms with Crippen molar-refractivity contribution in [1.29, 1.82) is 0 Å². The summed E-state index contributed by atoms with van der Waals surface area (Å²) in [7, 11) is 1.62. The van der Waals surface area contributed by atoms with Gasteiger partial charge in [0.05, 0.1) is 5.56 Å². The smallest absolute Gasteiger partial charge is 0.328 e. The van der Waals surface area contributed by atoms with E-state index < -0.39 is 11.7 Å². The maximum Gasteiger partial charge on any atom is 0.416 e. The van der Waals surface area contributed by atoms with Gasteiger partial charge in [0.2, 0.25) is 0 Å². The normalized spacial score (nSPS) is 13.0. The summed E-state index contributed by atoms with van der Waals surface area (Å²) in [6, 6.07) is 5.33. The van der Waals surface area contributed by atoms with E-state index in [0.29, 0.717) is 11.5 Å². The van der Waals surface area contributed by atoms with Crippen molar-refractivity contribution in [2.45, 2.75) is 33.0 Å². The minimum absolute atomic E-state index is 0.0391. The highest BCUT2D eigenvalue weighted by atomic mass is 19.4. The van der Waals surface area contributed by atoms with E-state index in [0.717, 1.165) is 12.1 Å². The molecule has 0 spiro atoms. The molecule has 1 rings (SSSR count). The highest BCUT2D eigenvalue weighted by Crippen LogP contribution is 2.32. The lowest BCUT2D eigenvalue weighted by Gasteiger charge is -2.29. The Balaban J connectivity index is 3.23. The van der Waals surface area contributed by atoms with E-state index in [1.165, 1.54) is 6.07 Å². The lowest BCUT2D eigenvalue weighted by molar-refractivity contribution is -0.137. The van der Waals surface area contributed by atoms with Crippen molar-refractivity contribution in [3.8, 4) is 0 Å². The molecule has 18 heavy (non-hydrogen) atoms. The first-order valence-corrected chi connectivity index (χ1v) is 5.67. The number of rotatable bonds is 2. The number of hydrogen-bond acceptors (Lipinski definition) is 1. The number of amidine groups is 1. The molecule has 2 nitrogen and oxygen atoms in total. The molecule has 0 N–H and O–H groups in total. The molecular weight excluding hydrogens is 241 g/mol. The van der Waals surface area contributed by atoms with Crippen LogP contribution in [0.25, 0.3) is 0 Å². The first-order valence-electron chi connectivity index (χ1n) is 5.67. The number of benzene rings is 1. The molecule has 0 aliphatic carbocycles. The van der Waals surface area contributed by atoms with Crippen LogP contribution in [0.5, 0.6) is 0 Å². The third kappa shape index (κ3) is 3.24. The number of aliphatic imine (C=N–C) groups is 1. The molecule has 100 valence electrons. The molecule has 0 saturated carbocycles. The maximum atomic E-state index is 12.7. The molecule has 0 aliphatic rings. The monoisotopic (exact) mass is 258 g/mol. The Morgan fingerprint density at radius 3 is 2.33 bits per heavy atom. The van der Waals surface area contributed by atoms with Gasteiger partial charge >= 0.3 is 6.18 Å². The number of anilines is 1. The number of halogens is 3. The summed E-state index contributed by atoms with van der Waals surface area (Å²) < 4.78 is 38.0. The Labute approximate surface area is 105 Å². The largest absolute Gasteiger partial charge is 0.416 e. The summed E-state index contributed by atoms with van der Waals surface area (Å²) in [5, 5.41) is 0. The molecule has 1 aromatic rings. The molecule has 0 amide bonds. The van der Waals surface area contributed by atoms with Crippen molar-refractivity contribution in [2.24, 2.45) is 4.99 Å². The van der Waals surface area contributed by atoms with E-state index in [1.807, 2.05) is 13.8 Å². The highest BCUT2D eigenvalue weighted by molar-refractivity contribution is 5.96. The van der Waals surface area contributed by atoms with Crippen LogP contribution in [0.4, 0.5) is 18.9 Å². The van der Waals surface area contributed by atoms with Crippen LogP contribution < -0.4 is 4.90 Å². The minimum atomic E-state index is -4.32. The Morgan fingerprint density at radius 1 is 1.28 bits per heavy atom. The quantitative estimate of drug-likeness (QED) is 0.579. The van der Waals surface area contributed by atoms with Gasteiger partial charge in [0.15, 0.2) is 0 Å². The van der Waals surface area contributed by atoms with Crippen molar-refractivity contribution >= 4 is 11.5 Å². The van der Waals surface area contributed by atoms with Crippen LogP contribution in [0.15, 0.2) is 29.3 Å². The predicted octanol–water partition coefficient (Wildman–Crippen LogP) is 3.97. The van der Waals surface area contributed by atoms with Gasteiger partial charge in [0.25, 0.3) is 0 Å². The average Bonchev–Trinajstić information content (AvgIpc) is 2.27. The fraction of sp³-hybridized carbons (Fsp3) is 0.462. The molecule has 0 radical (unpaired) electrons. The second kappa shape index (κ2) is 5.42. The summed E-state index contributed by atoms with van der Waals surface area (Å²) in [6.07, 6.45) is -4.32. The first kappa shape index (κ1) is 14.5. The van der Waals surface area contributed by atoms with Crippen LogP contribution in [0.3, 0.4) is 0 Å². The lowest BCUT2D eigenvalue weighted by Crippen LogP contribution is -2.35. The molecule has 0 aliphatic heterocycles. The number of nitrogens with zero attached hydrogens (tertiary/aromatic N) is 2. The van der Waals surface area contributed by atoms with Gasteiger partial charge in [-0.15, -0.1) is 0 Å². The highest BCUT2D eigenvalue weighted by Gasteiger charge is 2.31. The van der Waals surface area contributed by atoms with Crippen LogP contribution in [-0.4, -0.2) is 18.9 Å². The van der Waals surface area contributed by atoms with E-state index in [2.05, 4.69) is 4.99 Å². The molecule has 0 saturated heterocycles. The summed E-state index contributed by atoms with van der Waals surface area (Å²) >= 11 is 0. The molecule has 0 unspecified atom stereocenters. The predicted molar refractivity (Wildman–Crippen MR) is 68.1 cm³/mol. The van der Waals surface area contributed by atoms with E-state index in [1.54, 1.807) is 24.9 Å². The number of alkyl halides is 3. The number of hydrogen-bond donors (Lipinski definition) is 0. The van der Waals surface area contributed by atoms with Crippen LogP contribution in [0.1, 0.15) is 26.3 Å². The van der Waals surface area contributed by atoms with Gasteiger partial charge in [-0.1, -0.05) is 6.07 Å². The van der Waals surface area contributed by atoms with Gasteiger partial charge in [-0.25, -0.2) is 0 Å². The molecule has 5 heteroatoms. The van der Waals surface area contributed by atoms with Crippen LogP contribution in [-0.2, 0) is 6.18 Å². The third-order valence-electron chi connectivity index (χ3n) is 2.64. The average molecular weight is 258 g/mol. The molecule has 0 bridgehead atoms. The van der Waals surface area contributed by atoms with E-state index in [4.69, 9.17) is 0 Å². The molecule has 1 aromatic carbocycles. The summed E-state index contributed by atoms with van der Waals surface area (Å²) in [5.41, 5.74) is -0.141. The summed E-state index contributed by atoms with van der Waals surface area (Å²) in [5.74, 6) is 0.685. The van der Waals surface area contributed by atoms with Gasteiger partial charge < -0.3 is 4.90 Å². The Morgan fingerprint density at radius 2 is 1.89 bits per heavy atom. The molecule has 0 atom stereocenters. The zero-order valence-corrected chi connectivity index (χ0v) is 10.9. The Kier molecular flexibility index (Phi) is 4.38. The van der Waals surface area contributed by atoms with Gasteiger partial charge in [-0.05, 0) is 39.0 Å². The maximum absolute atomic E-state index is 12.7. The summed E-state index contributed by atoms with van der Waals surface area (Å²) in [6.45, 7) is 5.60. The fourth-order valence-corrected chi connectivity index (χ4v) is 1.80. The zero-order valence-electron chi connectivity index (χ0n) is 10.9. The molecular formula is C13H17F3N2. The Bertz CT molecular complexity index is 436. The minimum Gasteiger partial charge on any atom is -0.328 e. The van der Waals surface area contributed by atoms with Crippen molar-refractivity contribution < 1.29 is 13.2 Å². The summed E-state index contributed by atoms with van der Waals surface area (Å²) in [4.78, 5) is 5.81. The van der Waals surface area contributed by atoms with Crippen molar-refractivity contribution in [2.75, 3.05) is 11.9 Å². The van der Waals surface area contributed by atoms with E-state index >= 15 is 0 Å². The molecule has 0 heterocycles. The van der Waals surface area contributed by atoms with Crippen LogP contribution in [0.2, 0.25) is 0 Å². The van der Waals surface area contributed by atoms with E-state index in [9.17, 15) is 13.2 Å². The molecule has 0 aromatic heterocycles. The first-order chi connectivity index (χ1) is 8.27. The lowest BCUT2D eigenvalue weighted by atomic mass is 10.1. The second-order valence-corrected chi connectivity index (χ2v) is 4.28. The Hall–Kier alpha value is -1.52. The van der Waals surface area contributed by atoms with Gasteiger partial charge in [-0.3, -0.25) is 4.99 Å². The van der Waals surface area contributed by atoms with Crippen molar-refractivity contribution in [3.63, 3.8) is 0 Å².